The van der Waals surface area contributed by atoms with Crippen molar-refractivity contribution < 1.29 is 9.90 Å². The Bertz CT molecular complexity index is 984. The summed E-state index contributed by atoms with van der Waals surface area (Å²) >= 11 is 0. The van der Waals surface area contributed by atoms with E-state index >= 15 is 0 Å². The van der Waals surface area contributed by atoms with Crippen LogP contribution in [0.15, 0.2) is 29.5 Å². The Morgan fingerprint density at radius 1 is 1.41 bits per heavy atom. The number of aromatic nitrogens is 2. The standard InChI is InChI=1S/C20H25N5O2/c1-19(2)16(4-6-20(19,3)27)24-17-14(18(21)26)10-23-25-11-13(8-15(17)25)12-5-7-22-9-12/h5,7-8,10-11,16,24,27H,4,6,9H2,1-3H3,(H2,21,26)/t16-,20-/m1/s1. The van der Waals surface area contributed by atoms with Crippen LogP contribution in [0.4, 0.5) is 5.69 Å². The Morgan fingerprint density at radius 2 is 2.19 bits per heavy atom. The fourth-order valence-corrected chi connectivity index (χ4v) is 4.02. The molecule has 1 aliphatic heterocycles. The molecule has 2 aliphatic rings. The predicted octanol–water partition coefficient (Wildman–Crippen LogP) is 2.25. The van der Waals surface area contributed by atoms with Gasteiger partial charge in [-0.1, -0.05) is 13.8 Å². The van der Waals surface area contributed by atoms with Gasteiger partial charge in [0.25, 0.3) is 5.91 Å². The maximum atomic E-state index is 12.0. The van der Waals surface area contributed by atoms with E-state index in [0.717, 1.165) is 23.1 Å². The fraction of sp³-hybridized carbons (Fsp3) is 0.450. The number of allylic oxidation sites excluding steroid dienone is 1. The van der Waals surface area contributed by atoms with Crippen LogP contribution in [-0.4, -0.2) is 45.0 Å². The molecule has 7 nitrogen and oxygen atoms in total. The minimum atomic E-state index is -0.778. The number of nitrogens with two attached hydrogens (primary N) is 1. The number of hydrogen-bond acceptors (Lipinski definition) is 5. The second kappa shape index (κ2) is 5.92. The number of rotatable bonds is 4. The molecule has 1 aliphatic carbocycles. The van der Waals surface area contributed by atoms with E-state index in [1.54, 1.807) is 10.7 Å². The molecule has 0 aromatic carbocycles. The van der Waals surface area contributed by atoms with Gasteiger partial charge in [-0.15, -0.1) is 0 Å². The number of amides is 1. The molecule has 2 atom stereocenters. The number of aliphatic imine (C=N–C) groups is 1. The molecule has 1 amide bonds. The zero-order valence-corrected chi connectivity index (χ0v) is 15.9. The van der Waals surface area contributed by atoms with Gasteiger partial charge in [-0.2, -0.15) is 5.10 Å². The molecule has 1 fully saturated rings. The lowest BCUT2D eigenvalue weighted by Crippen LogP contribution is -2.45. The fourth-order valence-electron chi connectivity index (χ4n) is 4.02. The first-order valence-electron chi connectivity index (χ1n) is 9.20. The highest BCUT2D eigenvalue weighted by Crippen LogP contribution is 2.47. The third kappa shape index (κ3) is 2.73. The topological polar surface area (TPSA) is 105 Å². The lowest BCUT2D eigenvalue weighted by atomic mass is 9.76. The summed E-state index contributed by atoms with van der Waals surface area (Å²) in [5.41, 5.74) is 8.41. The van der Waals surface area contributed by atoms with Gasteiger partial charge in [-0.25, -0.2) is 4.52 Å². The largest absolute Gasteiger partial charge is 0.390 e. The maximum absolute atomic E-state index is 12.0. The number of primary amides is 1. The normalized spacial score (nSPS) is 26.5. The van der Waals surface area contributed by atoms with Crippen molar-refractivity contribution in [2.45, 2.75) is 45.3 Å². The van der Waals surface area contributed by atoms with Crippen LogP contribution in [0.2, 0.25) is 0 Å². The minimum Gasteiger partial charge on any atom is -0.390 e. The SMILES string of the molecule is CC1(C)[C@H](Nc2c(C(N)=O)cnn3cc(C4=CC=NC4)cc23)CC[C@@]1(C)O. The van der Waals surface area contributed by atoms with Gasteiger partial charge in [0, 0.05) is 29.4 Å². The summed E-state index contributed by atoms with van der Waals surface area (Å²) in [6.45, 7) is 6.60. The average molecular weight is 367 g/mol. The quantitative estimate of drug-likeness (QED) is 0.771. The van der Waals surface area contributed by atoms with Crippen molar-refractivity contribution in [3.8, 4) is 0 Å². The van der Waals surface area contributed by atoms with Gasteiger partial charge < -0.3 is 16.2 Å². The van der Waals surface area contributed by atoms with E-state index in [-0.39, 0.29) is 11.5 Å². The number of nitrogens with zero attached hydrogens (tertiary/aromatic N) is 3. The monoisotopic (exact) mass is 367 g/mol. The third-order valence-corrected chi connectivity index (χ3v) is 6.41. The van der Waals surface area contributed by atoms with Crippen molar-refractivity contribution in [2.24, 2.45) is 16.1 Å². The van der Waals surface area contributed by atoms with Gasteiger partial charge in [0.2, 0.25) is 0 Å². The number of carbonyl (C=O) groups excluding carboxylic acids is 1. The van der Waals surface area contributed by atoms with E-state index in [1.807, 2.05) is 39.1 Å². The van der Waals surface area contributed by atoms with E-state index in [1.165, 1.54) is 6.20 Å². The van der Waals surface area contributed by atoms with Gasteiger partial charge in [0.05, 0.1) is 35.1 Å². The number of anilines is 1. The molecule has 3 heterocycles. The van der Waals surface area contributed by atoms with E-state index in [9.17, 15) is 9.90 Å². The lowest BCUT2D eigenvalue weighted by molar-refractivity contribution is -0.0283. The molecule has 142 valence electrons. The number of aliphatic hydroxyl groups is 1. The van der Waals surface area contributed by atoms with Crippen LogP contribution in [0.3, 0.4) is 0 Å². The van der Waals surface area contributed by atoms with Crippen molar-refractivity contribution in [2.75, 3.05) is 11.9 Å². The Balaban J connectivity index is 1.80. The molecule has 0 radical (unpaired) electrons. The van der Waals surface area contributed by atoms with Crippen molar-refractivity contribution in [1.29, 1.82) is 0 Å². The zero-order valence-electron chi connectivity index (χ0n) is 15.9. The summed E-state index contributed by atoms with van der Waals surface area (Å²) in [6, 6.07) is 2.01. The molecule has 0 unspecified atom stereocenters. The molecule has 27 heavy (non-hydrogen) atoms. The van der Waals surface area contributed by atoms with Crippen LogP contribution in [0.1, 0.15) is 49.5 Å². The summed E-state index contributed by atoms with van der Waals surface area (Å²) in [5.74, 6) is -0.527. The van der Waals surface area contributed by atoms with Crippen LogP contribution < -0.4 is 11.1 Å². The van der Waals surface area contributed by atoms with Gasteiger partial charge in [0.1, 0.15) is 0 Å². The molecule has 4 rings (SSSR count). The van der Waals surface area contributed by atoms with Crippen LogP contribution in [0.25, 0.3) is 11.1 Å². The van der Waals surface area contributed by atoms with E-state index < -0.39 is 11.5 Å². The predicted molar refractivity (Wildman–Crippen MR) is 106 cm³/mol. The Morgan fingerprint density at radius 3 is 2.78 bits per heavy atom. The summed E-state index contributed by atoms with van der Waals surface area (Å²) in [6.07, 6.45) is 8.71. The molecular weight excluding hydrogens is 342 g/mol. The van der Waals surface area contributed by atoms with Crippen molar-refractivity contribution in [1.82, 2.24) is 9.61 Å². The van der Waals surface area contributed by atoms with Crippen molar-refractivity contribution >= 4 is 28.9 Å². The average Bonchev–Trinajstić information content (AvgIpc) is 3.29. The van der Waals surface area contributed by atoms with Gasteiger partial charge in [-0.05, 0) is 37.5 Å². The second-order valence-electron chi connectivity index (χ2n) is 8.27. The van der Waals surface area contributed by atoms with E-state index in [0.29, 0.717) is 24.2 Å². The summed E-state index contributed by atoms with van der Waals surface area (Å²) in [7, 11) is 0. The van der Waals surface area contributed by atoms with E-state index in [2.05, 4.69) is 15.4 Å². The first kappa shape index (κ1) is 17.7. The molecule has 0 bridgehead atoms. The van der Waals surface area contributed by atoms with Crippen LogP contribution in [-0.2, 0) is 0 Å². The van der Waals surface area contributed by atoms with Gasteiger partial charge in [-0.3, -0.25) is 9.79 Å². The molecule has 7 heteroatoms. The Labute approximate surface area is 158 Å². The zero-order chi connectivity index (χ0) is 19.4. The van der Waals surface area contributed by atoms with Crippen molar-refractivity contribution in [3.63, 3.8) is 0 Å². The molecule has 4 N–H and O–H groups in total. The molecule has 0 spiro atoms. The van der Waals surface area contributed by atoms with Crippen LogP contribution >= 0.6 is 0 Å². The highest BCUT2D eigenvalue weighted by molar-refractivity contribution is 6.02. The molecule has 0 saturated heterocycles. The van der Waals surface area contributed by atoms with Crippen LogP contribution in [0.5, 0.6) is 0 Å². The third-order valence-electron chi connectivity index (χ3n) is 6.41. The molecule has 1 saturated carbocycles. The lowest BCUT2D eigenvalue weighted by Gasteiger charge is -2.38. The first-order chi connectivity index (χ1) is 12.7. The highest BCUT2D eigenvalue weighted by Gasteiger charge is 2.50. The number of fused-ring (bicyclic) bond motifs is 1. The number of nitrogens with one attached hydrogen (secondary N) is 1. The maximum Gasteiger partial charge on any atom is 0.252 e. The molecule has 2 aromatic rings. The Kier molecular flexibility index (Phi) is 3.89. The summed E-state index contributed by atoms with van der Waals surface area (Å²) in [5, 5.41) is 18.6. The van der Waals surface area contributed by atoms with E-state index in [4.69, 9.17) is 5.73 Å². The van der Waals surface area contributed by atoms with Crippen LogP contribution in [0, 0.1) is 5.41 Å². The van der Waals surface area contributed by atoms with Gasteiger partial charge >= 0.3 is 0 Å². The second-order valence-corrected chi connectivity index (χ2v) is 8.27. The number of carbonyl (C=O) groups is 1. The van der Waals surface area contributed by atoms with Crippen molar-refractivity contribution in [3.05, 3.63) is 35.7 Å². The molecular formula is C20H25N5O2. The molecule has 2 aromatic heterocycles. The first-order valence-corrected chi connectivity index (χ1v) is 9.20. The number of hydrogen-bond donors (Lipinski definition) is 3. The minimum absolute atomic E-state index is 0.00387. The smallest absolute Gasteiger partial charge is 0.252 e. The van der Waals surface area contributed by atoms with Gasteiger partial charge in [0.15, 0.2) is 0 Å². The summed E-state index contributed by atoms with van der Waals surface area (Å²) < 4.78 is 1.75. The Hall–Kier alpha value is -2.67. The highest BCUT2D eigenvalue weighted by atomic mass is 16.3. The summed E-state index contributed by atoms with van der Waals surface area (Å²) in [4.78, 5) is 16.3.